The molecular formula is C9H12N2O2. The van der Waals surface area contributed by atoms with Crippen molar-refractivity contribution in [1.82, 2.24) is 10.1 Å². The van der Waals surface area contributed by atoms with Gasteiger partial charge in [-0.2, -0.15) is 4.98 Å². The van der Waals surface area contributed by atoms with Gasteiger partial charge in [0.05, 0.1) is 0 Å². The number of nitrogens with zero attached hydrogens (tertiary/aromatic N) is 2. The van der Waals surface area contributed by atoms with Crippen LogP contribution in [0.1, 0.15) is 30.7 Å². The van der Waals surface area contributed by atoms with Crippen molar-refractivity contribution >= 4 is 6.08 Å². The van der Waals surface area contributed by atoms with E-state index in [0.29, 0.717) is 17.6 Å². The van der Waals surface area contributed by atoms with Gasteiger partial charge in [-0.25, -0.2) is 0 Å². The van der Waals surface area contributed by atoms with E-state index in [9.17, 15) is 0 Å². The van der Waals surface area contributed by atoms with E-state index in [0.717, 1.165) is 0 Å². The van der Waals surface area contributed by atoms with E-state index in [-0.39, 0.29) is 6.10 Å². The van der Waals surface area contributed by atoms with Crippen LogP contribution in [0, 0.1) is 5.92 Å². The van der Waals surface area contributed by atoms with E-state index in [1.165, 1.54) is 18.9 Å². The van der Waals surface area contributed by atoms with Crippen LogP contribution >= 0.6 is 0 Å². The van der Waals surface area contributed by atoms with E-state index >= 15 is 0 Å². The number of aromatic nitrogens is 2. The van der Waals surface area contributed by atoms with Crippen LogP contribution in [0.2, 0.25) is 0 Å². The summed E-state index contributed by atoms with van der Waals surface area (Å²) < 4.78 is 10.2. The summed E-state index contributed by atoms with van der Waals surface area (Å²) in [6.07, 6.45) is 3.92. The van der Waals surface area contributed by atoms with Crippen molar-refractivity contribution in [3.8, 4) is 0 Å². The van der Waals surface area contributed by atoms with Crippen molar-refractivity contribution < 1.29 is 9.26 Å². The molecule has 4 nitrogen and oxygen atoms in total. The van der Waals surface area contributed by atoms with Gasteiger partial charge in [-0.05, 0) is 24.8 Å². The Morgan fingerprint density at radius 1 is 1.69 bits per heavy atom. The van der Waals surface area contributed by atoms with Crippen LogP contribution in [-0.2, 0) is 4.74 Å². The molecule has 4 heteroatoms. The molecule has 1 aromatic heterocycles. The zero-order valence-corrected chi connectivity index (χ0v) is 7.56. The van der Waals surface area contributed by atoms with E-state index in [1.54, 1.807) is 7.11 Å². The summed E-state index contributed by atoms with van der Waals surface area (Å²) in [7, 11) is 1.67. The predicted octanol–water partition coefficient (Wildman–Crippen LogP) is 1.81. The Hall–Kier alpha value is -1.16. The lowest BCUT2D eigenvalue weighted by Gasteiger charge is -2.07. The molecule has 0 spiro atoms. The standard InChI is InChI=1S/C9H12N2O2/c1-3-7-10-9(11-13-7)8(12-2)6-4-5-6/h3,6,8H,1,4-5H2,2H3. The number of methoxy groups -OCH3 is 1. The molecule has 0 saturated heterocycles. The fourth-order valence-electron chi connectivity index (χ4n) is 1.35. The zero-order chi connectivity index (χ0) is 9.26. The summed E-state index contributed by atoms with van der Waals surface area (Å²) >= 11 is 0. The Labute approximate surface area is 76.6 Å². The topological polar surface area (TPSA) is 48.2 Å². The Balaban J connectivity index is 2.16. The molecule has 1 atom stereocenters. The van der Waals surface area contributed by atoms with Crippen molar-refractivity contribution in [2.24, 2.45) is 5.92 Å². The van der Waals surface area contributed by atoms with Gasteiger partial charge in [0, 0.05) is 7.11 Å². The van der Waals surface area contributed by atoms with Crippen LogP contribution in [0.25, 0.3) is 6.08 Å². The minimum atomic E-state index is -0.00236. The lowest BCUT2D eigenvalue weighted by molar-refractivity contribution is 0.0751. The van der Waals surface area contributed by atoms with Crippen molar-refractivity contribution in [1.29, 1.82) is 0 Å². The van der Waals surface area contributed by atoms with Crippen molar-refractivity contribution in [2.45, 2.75) is 18.9 Å². The molecule has 0 amide bonds. The molecule has 13 heavy (non-hydrogen) atoms. The second kappa shape index (κ2) is 3.30. The summed E-state index contributed by atoms with van der Waals surface area (Å²) in [6.45, 7) is 3.55. The van der Waals surface area contributed by atoms with Gasteiger partial charge < -0.3 is 9.26 Å². The number of hydrogen-bond donors (Lipinski definition) is 0. The van der Waals surface area contributed by atoms with Crippen molar-refractivity contribution in [2.75, 3.05) is 7.11 Å². The summed E-state index contributed by atoms with van der Waals surface area (Å²) in [6, 6.07) is 0. The van der Waals surface area contributed by atoms with Crippen molar-refractivity contribution in [3.05, 3.63) is 18.3 Å². The molecule has 1 unspecified atom stereocenters. The van der Waals surface area contributed by atoms with Crippen LogP contribution < -0.4 is 0 Å². The minimum absolute atomic E-state index is 0.00236. The first-order valence-electron chi connectivity index (χ1n) is 4.34. The zero-order valence-electron chi connectivity index (χ0n) is 7.56. The highest BCUT2D eigenvalue weighted by Crippen LogP contribution is 2.41. The highest BCUT2D eigenvalue weighted by Gasteiger charge is 2.35. The van der Waals surface area contributed by atoms with Crippen LogP contribution in [0.4, 0.5) is 0 Å². The SMILES string of the molecule is C=Cc1nc(C(OC)C2CC2)no1. The molecule has 1 heterocycles. The molecule has 0 bridgehead atoms. The quantitative estimate of drug-likeness (QED) is 0.709. The Morgan fingerprint density at radius 3 is 2.92 bits per heavy atom. The van der Waals surface area contributed by atoms with Gasteiger partial charge in [-0.15, -0.1) is 0 Å². The van der Waals surface area contributed by atoms with Gasteiger partial charge in [0.1, 0.15) is 6.10 Å². The lowest BCUT2D eigenvalue weighted by Crippen LogP contribution is -2.05. The molecule has 0 N–H and O–H groups in total. The lowest BCUT2D eigenvalue weighted by atomic mass is 10.2. The van der Waals surface area contributed by atoms with Crippen LogP contribution in [0.3, 0.4) is 0 Å². The summed E-state index contributed by atoms with van der Waals surface area (Å²) in [5.74, 6) is 1.66. The second-order valence-corrected chi connectivity index (χ2v) is 3.19. The van der Waals surface area contributed by atoms with Gasteiger partial charge in [0.2, 0.25) is 11.7 Å². The average molecular weight is 180 g/mol. The van der Waals surface area contributed by atoms with E-state index in [2.05, 4.69) is 16.7 Å². The third-order valence-corrected chi connectivity index (χ3v) is 2.19. The third kappa shape index (κ3) is 1.62. The maximum atomic E-state index is 5.30. The van der Waals surface area contributed by atoms with Crippen LogP contribution in [-0.4, -0.2) is 17.3 Å². The maximum absolute atomic E-state index is 5.30. The van der Waals surface area contributed by atoms with E-state index in [1.807, 2.05) is 0 Å². The fraction of sp³-hybridized carbons (Fsp3) is 0.556. The van der Waals surface area contributed by atoms with Gasteiger partial charge >= 0.3 is 0 Å². The summed E-state index contributed by atoms with van der Waals surface area (Å²) in [4.78, 5) is 4.14. The number of hydrogen-bond acceptors (Lipinski definition) is 4. The summed E-state index contributed by atoms with van der Waals surface area (Å²) in [5, 5.41) is 3.84. The van der Waals surface area contributed by atoms with Crippen LogP contribution in [0.15, 0.2) is 11.1 Å². The first-order valence-corrected chi connectivity index (χ1v) is 4.34. The normalized spacial score (nSPS) is 18.5. The van der Waals surface area contributed by atoms with E-state index < -0.39 is 0 Å². The molecule has 1 saturated carbocycles. The summed E-state index contributed by atoms with van der Waals surface area (Å²) in [5.41, 5.74) is 0. The molecular weight excluding hydrogens is 168 g/mol. The highest BCUT2D eigenvalue weighted by atomic mass is 16.5. The molecule has 1 aliphatic rings. The molecule has 1 aliphatic carbocycles. The largest absolute Gasteiger partial charge is 0.373 e. The Bertz CT molecular complexity index is 304. The van der Waals surface area contributed by atoms with Gasteiger partial charge in [0.15, 0.2) is 0 Å². The molecule has 0 aliphatic heterocycles. The van der Waals surface area contributed by atoms with Gasteiger partial charge in [-0.3, -0.25) is 0 Å². The maximum Gasteiger partial charge on any atom is 0.250 e. The Kier molecular flexibility index (Phi) is 2.14. The molecule has 1 fully saturated rings. The third-order valence-electron chi connectivity index (χ3n) is 2.19. The molecule has 2 rings (SSSR count). The van der Waals surface area contributed by atoms with Crippen molar-refractivity contribution in [3.63, 3.8) is 0 Å². The smallest absolute Gasteiger partial charge is 0.250 e. The molecule has 70 valence electrons. The predicted molar refractivity (Wildman–Crippen MR) is 46.9 cm³/mol. The molecule has 1 aromatic rings. The number of rotatable bonds is 4. The first kappa shape index (κ1) is 8.44. The fourth-order valence-corrected chi connectivity index (χ4v) is 1.35. The monoisotopic (exact) mass is 180 g/mol. The average Bonchev–Trinajstić information content (AvgIpc) is 2.85. The minimum Gasteiger partial charge on any atom is -0.373 e. The second-order valence-electron chi connectivity index (χ2n) is 3.19. The Morgan fingerprint density at radius 2 is 2.46 bits per heavy atom. The highest BCUT2D eigenvalue weighted by molar-refractivity contribution is 5.32. The van der Waals surface area contributed by atoms with E-state index in [4.69, 9.17) is 9.26 Å². The number of ether oxygens (including phenoxy) is 1. The van der Waals surface area contributed by atoms with Crippen LogP contribution in [0.5, 0.6) is 0 Å². The molecule has 0 aromatic carbocycles. The first-order chi connectivity index (χ1) is 6.35. The van der Waals surface area contributed by atoms with Gasteiger partial charge in [-0.1, -0.05) is 11.7 Å². The molecule has 0 radical (unpaired) electrons. The van der Waals surface area contributed by atoms with Gasteiger partial charge in [0.25, 0.3) is 0 Å².